The second kappa shape index (κ2) is 6.54. The van der Waals surface area contributed by atoms with Crippen LogP contribution < -0.4 is 10.9 Å². The molecule has 0 unspecified atom stereocenters. The van der Waals surface area contributed by atoms with Gasteiger partial charge in [0.15, 0.2) is 5.76 Å². The number of benzene rings is 1. The third kappa shape index (κ3) is 3.12. The number of carbonyl (C=O) groups is 1. The fourth-order valence-electron chi connectivity index (χ4n) is 2.31. The van der Waals surface area contributed by atoms with E-state index < -0.39 is 11.7 Å². The van der Waals surface area contributed by atoms with Gasteiger partial charge >= 0.3 is 0 Å². The summed E-state index contributed by atoms with van der Waals surface area (Å²) in [4.78, 5) is 23.8. The summed E-state index contributed by atoms with van der Waals surface area (Å²) >= 11 is 0. The van der Waals surface area contributed by atoms with Crippen molar-refractivity contribution in [2.75, 3.05) is 5.32 Å². The molecule has 2 heterocycles. The Balaban J connectivity index is 1.82. The maximum Gasteiger partial charge on any atom is 0.291 e. The number of anilines is 1. The van der Waals surface area contributed by atoms with Crippen molar-refractivity contribution in [2.24, 2.45) is 0 Å². The molecular weight excluding hydrogens is 311 g/mol. The van der Waals surface area contributed by atoms with Crippen LogP contribution in [0.4, 0.5) is 10.1 Å². The lowest BCUT2D eigenvalue weighted by atomic mass is 10.1. The number of rotatable bonds is 4. The second-order valence-corrected chi connectivity index (χ2v) is 5.14. The maximum absolute atomic E-state index is 13.8. The van der Waals surface area contributed by atoms with Gasteiger partial charge in [0.25, 0.3) is 11.5 Å². The largest absolute Gasteiger partial charge is 0.451 e. The molecule has 6 heteroatoms. The Morgan fingerprint density at radius 2 is 1.96 bits per heavy atom. The van der Waals surface area contributed by atoms with E-state index in [9.17, 15) is 14.0 Å². The molecule has 5 nitrogen and oxygen atoms in total. The van der Waals surface area contributed by atoms with E-state index in [-0.39, 0.29) is 22.6 Å². The highest BCUT2D eigenvalue weighted by Gasteiger charge is 2.14. The van der Waals surface area contributed by atoms with E-state index in [0.29, 0.717) is 12.2 Å². The van der Waals surface area contributed by atoms with Crippen molar-refractivity contribution in [3.05, 3.63) is 76.7 Å². The molecule has 0 atom stereocenters. The Kier molecular flexibility index (Phi) is 4.29. The number of amides is 1. The van der Waals surface area contributed by atoms with Crippen LogP contribution in [-0.2, 0) is 6.54 Å². The lowest BCUT2D eigenvalue weighted by Gasteiger charge is -2.06. The molecule has 0 radical (unpaired) electrons. The Morgan fingerprint density at radius 3 is 2.71 bits per heavy atom. The van der Waals surface area contributed by atoms with Crippen LogP contribution in [0.3, 0.4) is 0 Å². The van der Waals surface area contributed by atoms with Gasteiger partial charge in [-0.25, -0.2) is 4.39 Å². The number of aryl methyl sites for hydroxylation is 1. The van der Waals surface area contributed by atoms with E-state index in [2.05, 4.69) is 5.32 Å². The quantitative estimate of drug-likeness (QED) is 0.798. The zero-order valence-corrected chi connectivity index (χ0v) is 13.0. The maximum atomic E-state index is 13.8. The molecule has 0 spiro atoms. The van der Waals surface area contributed by atoms with Crippen LogP contribution in [0, 0.1) is 5.82 Å². The van der Waals surface area contributed by atoms with Gasteiger partial charge in [0.05, 0.1) is 11.3 Å². The number of hydrogen-bond donors (Lipinski definition) is 1. The summed E-state index contributed by atoms with van der Waals surface area (Å²) in [5.74, 6) is -0.563. The van der Waals surface area contributed by atoms with Gasteiger partial charge in [-0.15, -0.1) is 0 Å². The summed E-state index contributed by atoms with van der Waals surface area (Å²) in [6.07, 6.45) is 1.56. The fraction of sp³-hybridized carbons (Fsp3) is 0.111. The SMILES string of the molecule is CCn1cc(NC(=O)c2ccc(-c3ccccc3F)o2)ccc1=O. The van der Waals surface area contributed by atoms with E-state index in [1.54, 1.807) is 30.5 Å². The van der Waals surface area contributed by atoms with Crippen molar-refractivity contribution in [3.63, 3.8) is 0 Å². The van der Waals surface area contributed by atoms with Gasteiger partial charge in [0, 0.05) is 18.8 Å². The first kappa shape index (κ1) is 15.7. The molecule has 3 rings (SSSR count). The molecule has 0 aliphatic carbocycles. The molecule has 0 saturated heterocycles. The Bertz CT molecular complexity index is 943. The van der Waals surface area contributed by atoms with Gasteiger partial charge in [0.2, 0.25) is 0 Å². The number of hydrogen-bond acceptors (Lipinski definition) is 3. The normalized spacial score (nSPS) is 10.6. The minimum Gasteiger partial charge on any atom is -0.451 e. The summed E-state index contributed by atoms with van der Waals surface area (Å²) in [7, 11) is 0. The number of carbonyl (C=O) groups excluding carboxylic acids is 1. The van der Waals surface area contributed by atoms with Crippen LogP contribution in [0.15, 0.2) is 63.9 Å². The van der Waals surface area contributed by atoms with Crippen molar-refractivity contribution in [3.8, 4) is 11.3 Å². The average Bonchev–Trinajstić information content (AvgIpc) is 3.07. The van der Waals surface area contributed by atoms with Crippen molar-refractivity contribution in [1.29, 1.82) is 0 Å². The zero-order valence-electron chi connectivity index (χ0n) is 13.0. The predicted octanol–water partition coefficient (Wildman–Crippen LogP) is 3.52. The monoisotopic (exact) mass is 326 g/mol. The standard InChI is InChI=1S/C18H15FN2O3/c1-2-21-11-12(7-10-17(21)22)20-18(23)16-9-8-15(24-16)13-5-3-4-6-14(13)19/h3-11H,2H2,1H3,(H,20,23). The van der Waals surface area contributed by atoms with Crippen LogP contribution in [0.5, 0.6) is 0 Å². The molecule has 0 bridgehead atoms. The van der Waals surface area contributed by atoms with Gasteiger partial charge in [-0.05, 0) is 37.3 Å². The molecule has 0 aliphatic rings. The third-order valence-corrected chi connectivity index (χ3v) is 3.55. The Morgan fingerprint density at radius 1 is 1.17 bits per heavy atom. The molecule has 0 saturated carbocycles. The lowest BCUT2D eigenvalue weighted by molar-refractivity contribution is 0.0997. The Labute approximate surface area is 137 Å². The minimum atomic E-state index is -0.473. The van der Waals surface area contributed by atoms with E-state index in [1.165, 1.54) is 28.8 Å². The molecule has 1 amide bonds. The average molecular weight is 326 g/mol. The van der Waals surface area contributed by atoms with Crippen molar-refractivity contribution in [2.45, 2.75) is 13.5 Å². The van der Waals surface area contributed by atoms with E-state index >= 15 is 0 Å². The summed E-state index contributed by atoms with van der Waals surface area (Å²) < 4.78 is 20.7. The van der Waals surface area contributed by atoms with Crippen LogP contribution >= 0.6 is 0 Å². The minimum absolute atomic E-state index is 0.0579. The number of furan rings is 1. The molecule has 0 fully saturated rings. The van der Waals surface area contributed by atoms with Crippen LogP contribution in [0.1, 0.15) is 17.5 Å². The van der Waals surface area contributed by atoms with E-state index in [0.717, 1.165) is 0 Å². The number of pyridine rings is 1. The second-order valence-electron chi connectivity index (χ2n) is 5.14. The highest BCUT2D eigenvalue weighted by molar-refractivity contribution is 6.02. The van der Waals surface area contributed by atoms with Gasteiger partial charge in [-0.3, -0.25) is 9.59 Å². The van der Waals surface area contributed by atoms with E-state index in [4.69, 9.17) is 4.42 Å². The molecule has 1 aromatic carbocycles. The number of aromatic nitrogens is 1. The Hall–Kier alpha value is -3.15. The van der Waals surface area contributed by atoms with Crippen molar-refractivity contribution < 1.29 is 13.6 Å². The topological polar surface area (TPSA) is 64.2 Å². The summed E-state index contributed by atoms with van der Waals surface area (Å²) in [5.41, 5.74) is 0.622. The first-order valence-electron chi connectivity index (χ1n) is 7.45. The molecule has 1 N–H and O–H groups in total. The fourth-order valence-corrected chi connectivity index (χ4v) is 2.31. The van der Waals surface area contributed by atoms with Crippen molar-refractivity contribution in [1.82, 2.24) is 4.57 Å². The molecule has 122 valence electrons. The molecule has 24 heavy (non-hydrogen) atoms. The molecular formula is C18H15FN2O3. The van der Waals surface area contributed by atoms with Gasteiger partial charge < -0.3 is 14.3 Å². The van der Waals surface area contributed by atoms with Crippen LogP contribution in [-0.4, -0.2) is 10.5 Å². The smallest absolute Gasteiger partial charge is 0.291 e. The summed E-state index contributed by atoms with van der Waals surface area (Å²) in [5, 5.41) is 2.65. The van der Waals surface area contributed by atoms with E-state index in [1.807, 2.05) is 6.92 Å². The van der Waals surface area contributed by atoms with Crippen LogP contribution in [0.25, 0.3) is 11.3 Å². The molecule has 3 aromatic rings. The van der Waals surface area contributed by atoms with Crippen molar-refractivity contribution >= 4 is 11.6 Å². The van der Waals surface area contributed by atoms with Gasteiger partial charge in [0.1, 0.15) is 11.6 Å². The number of nitrogens with one attached hydrogen (secondary N) is 1. The van der Waals surface area contributed by atoms with Crippen LogP contribution in [0.2, 0.25) is 0 Å². The summed E-state index contributed by atoms with van der Waals surface area (Å²) in [6.45, 7) is 2.33. The predicted molar refractivity (Wildman–Crippen MR) is 88.4 cm³/mol. The first-order valence-corrected chi connectivity index (χ1v) is 7.45. The first-order chi connectivity index (χ1) is 11.6. The summed E-state index contributed by atoms with van der Waals surface area (Å²) in [6, 6.07) is 12.1. The highest BCUT2D eigenvalue weighted by Crippen LogP contribution is 2.25. The lowest BCUT2D eigenvalue weighted by Crippen LogP contribution is -2.19. The number of halogens is 1. The highest BCUT2D eigenvalue weighted by atomic mass is 19.1. The van der Waals surface area contributed by atoms with Gasteiger partial charge in [-0.2, -0.15) is 0 Å². The number of nitrogens with zero attached hydrogens (tertiary/aromatic N) is 1. The molecule has 0 aliphatic heterocycles. The third-order valence-electron chi connectivity index (χ3n) is 3.55. The van der Waals surface area contributed by atoms with Gasteiger partial charge in [-0.1, -0.05) is 12.1 Å². The zero-order chi connectivity index (χ0) is 17.1. The molecule has 2 aromatic heterocycles.